The van der Waals surface area contributed by atoms with Gasteiger partial charge in [-0.2, -0.15) is 0 Å². The van der Waals surface area contributed by atoms with Gasteiger partial charge in [0.2, 0.25) is 0 Å². The summed E-state index contributed by atoms with van der Waals surface area (Å²) in [6, 6.07) is 16.2. The molecular formula is C18H20F3NO. The van der Waals surface area contributed by atoms with E-state index in [1.54, 1.807) is 12.1 Å². The maximum absolute atomic E-state index is 12.2. The van der Waals surface area contributed by atoms with Crippen molar-refractivity contribution in [2.45, 2.75) is 26.1 Å². The van der Waals surface area contributed by atoms with Crippen molar-refractivity contribution in [1.29, 1.82) is 0 Å². The van der Waals surface area contributed by atoms with Gasteiger partial charge >= 0.3 is 6.36 Å². The van der Waals surface area contributed by atoms with Crippen LogP contribution in [0.1, 0.15) is 18.9 Å². The summed E-state index contributed by atoms with van der Waals surface area (Å²) in [7, 11) is 0. The number of anilines is 1. The summed E-state index contributed by atoms with van der Waals surface area (Å²) < 4.78 is 40.4. The number of alkyl halides is 3. The minimum absolute atomic E-state index is 0.193. The van der Waals surface area contributed by atoms with Gasteiger partial charge < -0.3 is 9.64 Å². The number of hydrogen-bond acceptors (Lipinski definition) is 2. The maximum Gasteiger partial charge on any atom is 0.573 e. The van der Waals surface area contributed by atoms with Crippen LogP contribution in [0.15, 0.2) is 54.6 Å². The minimum atomic E-state index is -4.65. The number of rotatable bonds is 7. The summed E-state index contributed by atoms with van der Waals surface area (Å²) in [5.41, 5.74) is 2.19. The third-order valence-electron chi connectivity index (χ3n) is 3.55. The van der Waals surface area contributed by atoms with Gasteiger partial charge in [-0.15, -0.1) is 13.2 Å². The van der Waals surface area contributed by atoms with Crippen molar-refractivity contribution < 1.29 is 17.9 Å². The lowest BCUT2D eigenvalue weighted by Gasteiger charge is -2.23. The Balaban J connectivity index is 1.90. The van der Waals surface area contributed by atoms with E-state index < -0.39 is 6.36 Å². The Morgan fingerprint density at radius 1 is 0.957 bits per heavy atom. The third kappa shape index (κ3) is 5.85. The number of hydrogen-bond donors (Lipinski definition) is 0. The molecule has 0 fully saturated rings. The van der Waals surface area contributed by atoms with Gasteiger partial charge in [0.15, 0.2) is 0 Å². The van der Waals surface area contributed by atoms with Crippen LogP contribution in [0.4, 0.5) is 18.9 Å². The number of ether oxygens (including phenoxy) is 1. The lowest BCUT2D eigenvalue weighted by molar-refractivity contribution is -0.274. The van der Waals surface area contributed by atoms with Crippen LogP contribution >= 0.6 is 0 Å². The van der Waals surface area contributed by atoms with Crippen LogP contribution in [-0.4, -0.2) is 19.5 Å². The van der Waals surface area contributed by atoms with Crippen molar-refractivity contribution in [1.82, 2.24) is 0 Å². The molecule has 0 bridgehead atoms. The largest absolute Gasteiger partial charge is 0.573 e. The van der Waals surface area contributed by atoms with E-state index in [0.717, 1.165) is 31.6 Å². The summed E-state index contributed by atoms with van der Waals surface area (Å²) in [6.45, 7) is 3.68. The van der Waals surface area contributed by atoms with Gasteiger partial charge in [-0.3, -0.25) is 0 Å². The first-order valence-electron chi connectivity index (χ1n) is 7.62. The lowest BCUT2D eigenvalue weighted by Crippen LogP contribution is -2.24. The van der Waals surface area contributed by atoms with Crippen molar-refractivity contribution in [3.63, 3.8) is 0 Å². The molecule has 0 heterocycles. The SMILES string of the molecule is CCN(CCCc1ccccc1)c1ccc(OC(F)(F)F)cc1. The molecule has 0 saturated carbocycles. The highest BCUT2D eigenvalue weighted by atomic mass is 19.4. The van der Waals surface area contributed by atoms with Crippen LogP contribution in [0.3, 0.4) is 0 Å². The number of nitrogens with zero attached hydrogens (tertiary/aromatic N) is 1. The molecular weight excluding hydrogens is 303 g/mol. The quantitative estimate of drug-likeness (QED) is 0.707. The zero-order valence-electron chi connectivity index (χ0n) is 13.0. The van der Waals surface area contributed by atoms with Crippen LogP contribution in [0.5, 0.6) is 5.75 Å². The van der Waals surface area contributed by atoms with Gasteiger partial charge in [-0.25, -0.2) is 0 Å². The molecule has 0 saturated heterocycles. The lowest BCUT2D eigenvalue weighted by atomic mass is 10.1. The molecule has 0 aliphatic carbocycles. The number of halogens is 3. The van der Waals surface area contributed by atoms with Crippen molar-refractivity contribution in [3.05, 3.63) is 60.2 Å². The van der Waals surface area contributed by atoms with Crippen LogP contribution in [0, 0.1) is 0 Å². The highest BCUT2D eigenvalue weighted by molar-refractivity contribution is 5.49. The Bertz CT molecular complexity index is 581. The van der Waals surface area contributed by atoms with Gasteiger partial charge in [-0.05, 0) is 49.6 Å². The first-order valence-corrected chi connectivity index (χ1v) is 7.62. The van der Waals surface area contributed by atoms with Gasteiger partial charge in [0.05, 0.1) is 0 Å². The number of benzene rings is 2. The van der Waals surface area contributed by atoms with E-state index in [0.29, 0.717) is 0 Å². The standard InChI is InChI=1S/C18H20F3NO/c1-2-22(14-6-9-15-7-4-3-5-8-15)16-10-12-17(13-11-16)23-18(19,20)21/h3-5,7-8,10-13H,2,6,9,14H2,1H3. The topological polar surface area (TPSA) is 12.5 Å². The molecule has 0 aliphatic heterocycles. The second-order valence-corrected chi connectivity index (χ2v) is 5.21. The fourth-order valence-electron chi connectivity index (χ4n) is 2.45. The van der Waals surface area contributed by atoms with Crippen molar-refractivity contribution in [3.8, 4) is 5.75 Å². The Morgan fingerprint density at radius 3 is 2.17 bits per heavy atom. The molecule has 0 atom stereocenters. The van der Waals surface area contributed by atoms with E-state index in [9.17, 15) is 13.2 Å². The maximum atomic E-state index is 12.2. The Labute approximate surface area is 134 Å². The zero-order chi connectivity index (χ0) is 16.7. The highest BCUT2D eigenvalue weighted by Gasteiger charge is 2.30. The zero-order valence-corrected chi connectivity index (χ0v) is 13.0. The molecule has 0 spiro atoms. The van der Waals surface area contributed by atoms with Gasteiger partial charge in [0.25, 0.3) is 0 Å². The molecule has 124 valence electrons. The van der Waals surface area contributed by atoms with Crippen LogP contribution in [0.25, 0.3) is 0 Å². The Morgan fingerprint density at radius 2 is 1.61 bits per heavy atom. The molecule has 5 heteroatoms. The fraction of sp³-hybridized carbons (Fsp3) is 0.333. The minimum Gasteiger partial charge on any atom is -0.406 e. The molecule has 0 radical (unpaired) electrons. The monoisotopic (exact) mass is 323 g/mol. The van der Waals surface area contributed by atoms with E-state index in [-0.39, 0.29) is 5.75 Å². The summed E-state index contributed by atoms with van der Waals surface area (Å²) in [5.74, 6) is -0.193. The number of aryl methyl sites for hydroxylation is 1. The van der Waals surface area contributed by atoms with Gasteiger partial charge in [0.1, 0.15) is 5.75 Å². The summed E-state index contributed by atoms with van der Waals surface area (Å²) in [4.78, 5) is 2.14. The average Bonchev–Trinajstić information content (AvgIpc) is 2.52. The van der Waals surface area contributed by atoms with Gasteiger partial charge in [0, 0.05) is 18.8 Å². The molecule has 0 aromatic heterocycles. The molecule has 23 heavy (non-hydrogen) atoms. The summed E-state index contributed by atoms with van der Waals surface area (Å²) in [5, 5.41) is 0. The Kier molecular flexibility index (Phi) is 5.90. The van der Waals surface area contributed by atoms with Crippen molar-refractivity contribution in [2.24, 2.45) is 0 Å². The third-order valence-corrected chi connectivity index (χ3v) is 3.55. The van der Waals surface area contributed by atoms with E-state index in [4.69, 9.17) is 0 Å². The second kappa shape index (κ2) is 7.90. The molecule has 0 aliphatic rings. The van der Waals surface area contributed by atoms with Gasteiger partial charge in [-0.1, -0.05) is 30.3 Å². The predicted octanol–water partition coefficient (Wildman–Crippen LogP) is 5.04. The molecule has 0 N–H and O–H groups in total. The first-order chi connectivity index (χ1) is 11.0. The van der Waals surface area contributed by atoms with E-state index in [1.165, 1.54) is 17.7 Å². The van der Waals surface area contributed by atoms with Crippen LogP contribution < -0.4 is 9.64 Å². The summed E-state index contributed by atoms with van der Waals surface area (Å²) >= 11 is 0. The molecule has 2 rings (SSSR count). The van der Waals surface area contributed by atoms with Crippen molar-refractivity contribution >= 4 is 5.69 Å². The summed E-state index contributed by atoms with van der Waals surface area (Å²) in [6.07, 6.45) is -2.69. The highest BCUT2D eigenvalue weighted by Crippen LogP contribution is 2.25. The van der Waals surface area contributed by atoms with E-state index in [1.807, 2.05) is 25.1 Å². The van der Waals surface area contributed by atoms with E-state index >= 15 is 0 Å². The van der Waals surface area contributed by atoms with Crippen LogP contribution in [-0.2, 0) is 6.42 Å². The normalized spacial score (nSPS) is 11.3. The fourth-order valence-corrected chi connectivity index (χ4v) is 2.45. The average molecular weight is 323 g/mol. The Hall–Kier alpha value is -2.17. The van der Waals surface area contributed by atoms with E-state index in [2.05, 4.69) is 21.8 Å². The predicted molar refractivity (Wildman–Crippen MR) is 85.8 cm³/mol. The molecule has 0 unspecified atom stereocenters. The molecule has 0 amide bonds. The smallest absolute Gasteiger partial charge is 0.406 e. The molecule has 2 aromatic rings. The molecule has 2 aromatic carbocycles. The molecule has 2 nitrogen and oxygen atoms in total. The first kappa shape index (κ1) is 17.2. The van der Waals surface area contributed by atoms with Crippen molar-refractivity contribution in [2.75, 3.05) is 18.0 Å². The van der Waals surface area contributed by atoms with Crippen LogP contribution in [0.2, 0.25) is 0 Å². The second-order valence-electron chi connectivity index (χ2n) is 5.21.